The van der Waals surface area contributed by atoms with Crippen LogP contribution in [0.5, 0.6) is 17.2 Å². The van der Waals surface area contributed by atoms with Crippen molar-refractivity contribution >= 4 is 17.4 Å². The Balaban J connectivity index is 1.49. The van der Waals surface area contributed by atoms with Crippen LogP contribution in [0.1, 0.15) is 28.0 Å². The number of aryl methyl sites for hydroxylation is 1. The van der Waals surface area contributed by atoms with Crippen molar-refractivity contribution in [3.8, 4) is 28.5 Å². The summed E-state index contributed by atoms with van der Waals surface area (Å²) in [7, 11) is 4.68. The van der Waals surface area contributed by atoms with Gasteiger partial charge in [0.05, 0.1) is 26.2 Å². The first-order valence-electron chi connectivity index (χ1n) is 12.3. The SMILES string of the molecule is COc1cc(C(=O)NC/C(=C/O)c2ccc(OC)c(-c3ccc(F)c(C)c3)n2)ccc1OC1CCN(C)C1=O. The van der Waals surface area contributed by atoms with Gasteiger partial charge in [-0.25, -0.2) is 9.37 Å². The van der Waals surface area contributed by atoms with E-state index < -0.39 is 12.0 Å². The number of likely N-dealkylation sites (tertiary alicyclic amines) is 1. The molecular weight excluding hydrogens is 505 g/mol. The zero-order valence-electron chi connectivity index (χ0n) is 22.2. The van der Waals surface area contributed by atoms with E-state index in [0.717, 1.165) is 6.26 Å². The first-order valence-corrected chi connectivity index (χ1v) is 12.3. The van der Waals surface area contributed by atoms with Crippen molar-refractivity contribution in [2.45, 2.75) is 19.4 Å². The largest absolute Gasteiger partial charge is 0.515 e. The van der Waals surface area contributed by atoms with Gasteiger partial charge in [-0.2, -0.15) is 0 Å². The number of carbonyl (C=O) groups is 2. The Labute approximate surface area is 225 Å². The number of carbonyl (C=O) groups excluding carboxylic acids is 2. The molecule has 1 aliphatic heterocycles. The van der Waals surface area contributed by atoms with Gasteiger partial charge in [0.15, 0.2) is 17.6 Å². The lowest BCUT2D eigenvalue weighted by molar-refractivity contribution is -0.132. The highest BCUT2D eigenvalue weighted by molar-refractivity contribution is 5.95. The van der Waals surface area contributed by atoms with E-state index >= 15 is 0 Å². The molecule has 0 saturated carbocycles. The van der Waals surface area contributed by atoms with Crippen molar-refractivity contribution in [2.24, 2.45) is 0 Å². The monoisotopic (exact) mass is 535 g/mol. The Hall–Kier alpha value is -4.60. The maximum Gasteiger partial charge on any atom is 0.263 e. The molecule has 3 aromatic rings. The summed E-state index contributed by atoms with van der Waals surface area (Å²) in [6.45, 7) is 2.24. The van der Waals surface area contributed by atoms with E-state index in [2.05, 4.69) is 10.3 Å². The van der Waals surface area contributed by atoms with Gasteiger partial charge in [0.2, 0.25) is 0 Å². The number of pyridine rings is 1. The van der Waals surface area contributed by atoms with Gasteiger partial charge in [0, 0.05) is 43.3 Å². The second-order valence-corrected chi connectivity index (χ2v) is 9.07. The van der Waals surface area contributed by atoms with Crippen molar-refractivity contribution in [3.05, 3.63) is 77.4 Å². The summed E-state index contributed by atoms with van der Waals surface area (Å²) in [6.07, 6.45) is 0.849. The third-order valence-electron chi connectivity index (χ3n) is 6.51. The lowest BCUT2D eigenvalue weighted by Crippen LogP contribution is -2.29. The average molecular weight is 536 g/mol. The average Bonchev–Trinajstić information content (AvgIpc) is 3.27. The van der Waals surface area contributed by atoms with E-state index in [0.29, 0.717) is 63.9 Å². The molecule has 1 unspecified atom stereocenters. The number of nitrogens with one attached hydrogen (secondary N) is 1. The highest BCUT2D eigenvalue weighted by atomic mass is 19.1. The van der Waals surface area contributed by atoms with Crippen LogP contribution in [0.2, 0.25) is 0 Å². The predicted octanol–water partition coefficient (Wildman–Crippen LogP) is 4.15. The maximum atomic E-state index is 13.8. The number of nitrogens with zero attached hydrogens (tertiary/aromatic N) is 2. The molecule has 1 aromatic heterocycles. The molecule has 0 spiro atoms. The Morgan fingerprint density at radius 3 is 2.51 bits per heavy atom. The van der Waals surface area contributed by atoms with Crippen LogP contribution >= 0.6 is 0 Å². The molecule has 4 rings (SSSR count). The van der Waals surface area contributed by atoms with E-state index in [-0.39, 0.29) is 18.3 Å². The Bertz CT molecular complexity index is 1420. The van der Waals surface area contributed by atoms with Gasteiger partial charge in [-0.1, -0.05) is 0 Å². The maximum absolute atomic E-state index is 13.8. The highest BCUT2D eigenvalue weighted by Crippen LogP contribution is 2.32. The van der Waals surface area contributed by atoms with Crippen molar-refractivity contribution in [2.75, 3.05) is 34.4 Å². The van der Waals surface area contributed by atoms with Crippen LogP contribution in [0.15, 0.2) is 54.8 Å². The Morgan fingerprint density at radius 2 is 1.87 bits per heavy atom. The van der Waals surface area contributed by atoms with E-state index in [1.54, 1.807) is 55.3 Å². The summed E-state index contributed by atoms with van der Waals surface area (Å²) in [6, 6.07) is 12.6. The van der Waals surface area contributed by atoms with Crippen LogP contribution in [-0.4, -0.2) is 67.3 Å². The molecule has 204 valence electrons. The summed E-state index contributed by atoms with van der Waals surface area (Å²) in [5, 5.41) is 12.7. The van der Waals surface area contributed by atoms with Crippen LogP contribution in [-0.2, 0) is 4.79 Å². The number of aliphatic hydroxyl groups is 1. The second-order valence-electron chi connectivity index (χ2n) is 9.07. The molecule has 1 saturated heterocycles. The van der Waals surface area contributed by atoms with Crippen LogP contribution in [0.4, 0.5) is 4.39 Å². The number of likely N-dealkylation sites (N-methyl/N-ethyl adjacent to an activating group) is 1. The predicted molar refractivity (Wildman–Crippen MR) is 144 cm³/mol. The van der Waals surface area contributed by atoms with Gasteiger partial charge >= 0.3 is 0 Å². The van der Waals surface area contributed by atoms with E-state index in [1.807, 2.05) is 0 Å². The number of ether oxygens (including phenoxy) is 3. The molecule has 10 heteroatoms. The van der Waals surface area contributed by atoms with Gasteiger partial charge in [-0.3, -0.25) is 9.59 Å². The van der Waals surface area contributed by atoms with Gasteiger partial charge in [-0.15, -0.1) is 0 Å². The smallest absolute Gasteiger partial charge is 0.263 e. The standard InChI is InChI=1S/C29H30FN3O6/c1-17-13-18(5-7-21(17)30)27-24(37-3)10-8-22(32-27)20(16-34)15-31-28(35)19-6-9-23(26(14-19)38-4)39-25-11-12-33(2)29(25)36/h5-10,13-14,16,25,34H,11-12,15H2,1-4H3,(H,31,35)/b20-16-. The summed E-state index contributed by atoms with van der Waals surface area (Å²) >= 11 is 0. The van der Waals surface area contributed by atoms with E-state index in [1.165, 1.54) is 26.4 Å². The zero-order valence-corrected chi connectivity index (χ0v) is 22.2. The summed E-state index contributed by atoms with van der Waals surface area (Å²) < 4.78 is 30.5. The van der Waals surface area contributed by atoms with Crippen molar-refractivity contribution in [3.63, 3.8) is 0 Å². The number of aromatic nitrogens is 1. The van der Waals surface area contributed by atoms with E-state index in [4.69, 9.17) is 14.2 Å². The molecule has 1 atom stereocenters. The molecular formula is C29H30FN3O6. The topological polar surface area (TPSA) is 110 Å². The summed E-state index contributed by atoms with van der Waals surface area (Å²) in [4.78, 5) is 31.3. The van der Waals surface area contributed by atoms with Crippen LogP contribution in [0.25, 0.3) is 16.8 Å². The highest BCUT2D eigenvalue weighted by Gasteiger charge is 2.31. The minimum absolute atomic E-state index is 0.0278. The lowest BCUT2D eigenvalue weighted by atomic mass is 10.1. The van der Waals surface area contributed by atoms with Crippen molar-refractivity contribution < 1.29 is 33.3 Å². The molecule has 0 bridgehead atoms. The fraction of sp³-hybridized carbons (Fsp3) is 0.276. The summed E-state index contributed by atoms with van der Waals surface area (Å²) in [5.74, 6) is 0.309. The number of hydrogen-bond acceptors (Lipinski definition) is 7. The minimum Gasteiger partial charge on any atom is -0.515 e. The molecule has 2 N–H and O–H groups in total. The van der Waals surface area contributed by atoms with Crippen molar-refractivity contribution in [1.29, 1.82) is 0 Å². The lowest BCUT2D eigenvalue weighted by Gasteiger charge is -2.16. The number of halogens is 1. The summed E-state index contributed by atoms with van der Waals surface area (Å²) in [5.41, 5.74) is 2.63. The van der Waals surface area contributed by atoms with Crippen LogP contribution in [0.3, 0.4) is 0 Å². The minimum atomic E-state index is -0.596. The quantitative estimate of drug-likeness (QED) is 0.396. The van der Waals surface area contributed by atoms with Crippen LogP contribution in [0, 0.1) is 12.7 Å². The Kier molecular flexibility index (Phi) is 8.33. The molecule has 1 aliphatic rings. The third-order valence-corrected chi connectivity index (χ3v) is 6.51. The zero-order chi connectivity index (χ0) is 28.1. The van der Waals surface area contributed by atoms with Gasteiger partial charge in [0.1, 0.15) is 17.3 Å². The number of rotatable bonds is 9. The second kappa shape index (κ2) is 11.8. The first kappa shape index (κ1) is 27.4. The molecule has 2 amide bonds. The number of hydrogen-bond donors (Lipinski definition) is 2. The number of amides is 2. The van der Waals surface area contributed by atoms with Crippen LogP contribution < -0.4 is 19.5 Å². The molecule has 39 heavy (non-hydrogen) atoms. The molecule has 0 aliphatic carbocycles. The van der Waals surface area contributed by atoms with E-state index in [9.17, 15) is 19.1 Å². The fourth-order valence-corrected chi connectivity index (χ4v) is 4.23. The normalized spacial score (nSPS) is 15.3. The molecule has 9 nitrogen and oxygen atoms in total. The molecule has 0 radical (unpaired) electrons. The number of aliphatic hydroxyl groups excluding tert-OH is 1. The third kappa shape index (κ3) is 5.95. The number of methoxy groups -OCH3 is 2. The fourth-order valence-electron chi connectivity index (χ4n) is 4.23. The van der Waals surface area contributed by atoms with Crippen molar-refractivity contribution in [1.82, 2.24) is 15.2 Å². The first-order chi connectivity index (χ1) is 18.7. The van der Waals surface area contributed by atoms with Gasteiger partial charge in [-0.05, 0) is 61.0 Å². The number of benzene rings is 2. The Morgan fingerprint density at radius 1 is 1.13 bits per heavy atom. The molecule has 1 fully saturated rings. The molecule has 2 heterocycles. The molecule has 2 aromatic carbocycles. The van der Waals surface area contributed by atoms with Gasteiger partial charge in [0.25, 0.3) is 11.8 Å². The van der Waals surface area contributed by atoms with Gasteiger partial charge < -0.3 is 29.5 Å².